The number of aromatic nitrogens is 3. The molecule has 9 nitrogen and oxygen atoms in total. The molecule has 2 atom stereocenters. The highest BCUT2D eigenvalue weighted by atomic mass is 19.1. The number of aryl methyl sites for hydroxylation is 1. The summed E-state index contributed by atoms with van der Waals surface area (Å²) in [5.41, 5.74) is 0.430. The van der Waals surface area contributed by atoms with Gasteiger partial charge in [0.15, 0.2) is 12.6 Å². The van der Waals surface area contributed by atoms with Gasteiger partial charge in [-0.3, -0.25) is 9.88 Å². The van der Waals surface area contributed by atoms with Crippen LogP contribution in [0, 0.1) is 17.0 Å². The molecular weight excluding hydrogens is 623 g/mol. The average Bonchev–Trinajstić information content (AvgIpc) is 3.75. The summed E-state index contributed by atoms with van der Waals surface area (Å²) in [4.78, 5) is 18.4. The molecule has 4 aliphatic rings. The summed E-state index contributed by atoms with van der Waals surface area (Å²) in [7, 11) is 1.51. The van der Waals surface area contributed by atoms with Crippen LogP contribution in [0.5, 0.6) is 11.8 Å². The molecule has 2 aromatic heterocycles. The first-order chi connectivity index (χ1) is 23.2. The van der Waals surface area contributed by atoms with Crippen molar-refractivity contribution in [2.75, 3.05) is 51.6 Å². The summed E-state index contributed by atoms with van der Waals surface area (Å²) in [6.45, 7) is 4.61. The fraction of sp³-hybridized carbons (Fsp3) is 0.528. The van der Waals surface area contributed by atoms with Gasteiger partial charge in [-0.25, -0.2) is 13.2 Å². The number of benzene rings is 2. The number of alkyl halides is 1. The van der Waals surface area contributed by atoms with E-state index < -0.39 is 17.5 Å². The summed E-state index contributed by atoms with van der Waals surface area (Å²) in [5.74, 6) is -0.125. The van der Waals surface area contributed by atoms with E-state index in [1.165, 1.54) is 13.2 Å². The summed E-state index contributed by atoms with van der Waals surface area (Å²) in [6.07, 6.45) is 5.25. The number of anilines is 1. The lowest BCUT2D eigenvalue weighted by Crippen LogP contribution is -2.43. The Morgan fingerprint density at radius 2 is 1.92 bits per heavy atom. The van der Waals surface area contributed by atoms with Crippen LogP contribution in [0.2, 0.25) is 0 Å². The zero-order chi connectivity index (χ0) is 33.2. The lowest BCUT2D eigenvalue weighted by molar-refractivity contribution is -0.0179. The molecule has 4 aromatic rings. The molecule has 1 saturated carbocycles. The highest BCUT2D eigenvalue weighted by Gasteiger charge is 2.50. The lowest BCUT2D eigenvalue weighted by atomic mass is 9.66. The van der Waals surface area contributed by atoms with E-state index in [4.69, 9.17) is 19.2 Å². The van der Waals surface area contributed by atoms with E-state index in [0.717, 1.165) is 38.6 Å². The van der Waals surface area contributed by atoms with Crippen LogP contribution in [-0.2, 0) is 11.2 Å². The molecule has 5 heterocycles. The van der Waals surface area contributed by atoms with E-state index in [1.54, 1.807) is 24.4 Å². The Hall–Kier alpha value is -3.74. The number of hydrogen-bond acceptors (Lipinski definition) is 9. The van der Waals surface area contributed by atoms with Crippen LogP contribution in [0.4, 0.5) is 19.0 Å². The Kier molecular flexibility index (Phi) is 7.88. The first-order valence-electron chi connectivity index (χ1n) is 16.9. The van der Waals surface area contributed by atoms with Crippen molar-refractivity contribution in [1.29, 1.82) is 0 Å². The SMILES string of the molecule is CCc1c(F)ccc2cc(OCOC)cc(-c3ncc4c(N5CCC6(CC(O)C6)C5)nc(OC[C@@]56CCCN5C[C@H](F)C6)nc4c3F)c12. The predicted molar refractivity (Wildman–Crippen MR) is 175 cm³/mol. The maximum atomic E-state index is 17.1. The zero-order valence-electron chi connectivity index (χ0n) is 27.3. The fourth-order valence-corrected chi connectivity index (χ4v) is 8.78. The van der Waals surface area contributed by atoms with Gasteiger partial charge >= 0.3 is 6.01 Å². The number of nitrogens with zero attached hydrogens (tertiary/aromatic N) is 5. The molecule has 0 amide bonds. The van der Waals surface area contributed by atoms with E-state index in [0.29, 0.717) is 71.3 Å². The monoisotopic (exact) mass is 663 g/mol. The third-order valence-corrected chi connectivity index (χ3v) is 11.0. The van der Waals surface area contributed by atoms with Gasteiger partial charge in [0.2, 0.25) is 0 Å². The molecular formula is C36H40F3N5O4. The van der Waals surface area contributed by atoms with E-state index in [1.807, 2.05) is 6.92 Å². The number of aliphatic hydroxyl groups excluding tert-OH is 1. The van der Waals surface area contributed by atoms with E-state index in [9.17, 15) is 9.50 Å². The molecule has 1 aliphatic carbocycles. The number of hydrogen-bond donors (Lipinski definition) is 1. The van der Waals surface area contributed by atoms with Gasteiger partial charge in [-0.05, 0) is 85.0 Å². The smallest absolute Gasteiger partial charge is 0.319 e. The van der Waals surface area contributed by atoms with Gasteiger partial charge in [0.05, 0.1) is 17.0 Å². The first kappa shape index (κ1) is 31.5. The van der Waals surface area contributed by atoms with Crippen LogP contribution in [-0.4, -0.2) is 89.5 Å². The van der Waals surface area contributed by atoms with Crippen molar-refractivity contribution in [2.45, 2.75) is 69.7 Å². The van der Waals surface area contributed by atoms with Crippen molar-refractivity contribution in [3.63, 3.8) is 0 Å². The minimum Gasteiger partial charge on any atom is -0.468 e. The number of aliphatic hydroxyl groups is 1. The number of methoxy groups -OCH3 is 1. The van der Waals surface area contributed by atoms with Crippen LogP contribution in [0.25, 0.3) is 32.9 Å². The summed E-state index contributed by atoms with van der Waals surface area (Å²) < 4.78 is 63.9. The molecule has 3 aliphatic heterocycles. The number of ether oxygens (including phenoxy) is 3. The van der Waals surface area contributed by atoms with E-state index in [-0.39, 0.29) is 48.0 Å². The van der Waals surface area contributed by atoms with E-state index >= 15 is 8.78 Å². The summed E-state index contributed by atoms with van der Waals surface area (Å²) >= 11 is 0. The van der Waals surface area contributed by atoms with Crippen LogP contribution in [0.3, 0.4) is 0 Å². The normalized spacial score (nSPS) is 26.9. The molecule has 8 rings (SSSR count). The Morgan fingerprint density at radius 1 is 1.06 bits per heavy atom. The molecule has 4 fully saturated rings. The second-order valence-corrected chi connectivity index (χ2v) is 14.1. The maximum Gasteiger partial charge on any atom is 0.319 e. The van der Waals surface area contributed by atoms with Crippen LogP contribution < -0.4 is 14.4 Å². The minimum absolute atomic E-state index is 0.00269. The summed E-state index contributed by atoms with van der Waals surface area (Å²) in [6, 6.07) is 6.51. The van der Waals surface area contributed by atoms with Gasteiger partial charge in [0, 0.05) is 44.9 Å². The molecule has 0 radical (unpaired) electrons. The van der Waals surface area contributed by atoms with Crippen molar-refractivity contribution in [3.05, 3.63) is 47.7 Å². The van der Waals surface area contributed by atoms with Crippen molar-refractivity contribution in [1.82, 2.24) is 19.9 Å². The Bertz CT molecular complexity index is 1890. The molecule has 0 bridgehead atoms. The topological polar surface area (TPSA) is 93.1 Å². The molecule has 12 heteroatoms. The van der Waals surface area contributed by atoms with Gasteiger partial charge in [-0.2, -0.15) is 9.97 Å². The quantitative estimate of drug-likeness (QED) is 0.217. The predicted octanol–water partition coefficient (Wildman–Crippen LogP) is 5.97. The van der Waals surface area contributed by atoms with E-state index in [2.05, 4.69) is 19.8 Å². The Labute approximate surface area is 277 Å². The van der Waals surface area contributed by atoms with Gasteiger partial charge in [0.1, 0.15) is 41.4 Å². The zero-order valence-corrected chi connectivity index (χ0v) is 27.3. The number of fused-ring (bicyclic) bond motifs is 3. The highest BCUT2D eigenvalue weighted by Crippen LogP contribution is 2.50. The van der Waals surface area contributed by atoms with Crippen LogP contribution in [0.1, 0.15) is 51.0 Å². The lowest BCUT2D eigenvalue weighted by Gasteiger charge is -2.42. The van der Waals surface area contributed by atoms with Crippen LogP contribution in [0.15, 0.2) is 30.5 Å². The number of rotatable bonds is 9. The van der Waals surface area contributed by atoms with Crippen molar-refractivity contribution < 1.29 is 32.5 Å². The second kappa shape index (κ2) is 12.0. The Balaban J connectivity index is 1.26. The van der Waals surface area contributed by atoms with Crippen LogP contribution >= 0.6 is 0 Å². The van der Waals surface area contributed by atoms with Crippen molar-refractivity contribution >= 4 is 27.5 Å². The largest absolute Gasteiger partial charge is 0.468 e. The molecule has 3 saturated heterocycles. The number of halogens is 3. The average molecular weight is 664 g/mol. The molecule has 0 unspecified atom stereocenters. The van der Waals surface area contributed by atoms with Crippen molar-refractivity contribution in [2.24, 2.45) is 5.41 Å². The Morgan fingerprint density at radius 3 is 2.71 bits per heavy atom. The van der Waals surface area contributed by atoms with Gasteiger partial charge in [-0.1, -0.05) is 13.0 Å². The molecule has 48 heavy (non-hydrogen) atoms. The number of pyridine rings is 1. The van der Waals surface area contributed by atoms with Gasteiger partial charge in [0.25, 0.3) is 0 Å². The summed E-state index contributed by atoms with van der Waals surface area (Å²) in [5, 5.41) is 11.8. The minimum atomic E-state index is -0.914. The third-order valence-electron chi connectivity index (χ3n) is 11.0. The van der Waals surface area contributed by atoms with Gasteiger partial charge < -0.3 is 24.2 Å². The van der Waals surface area contributed by atoms with Gasteiger partial charge in [-0.15, -0.1) is 0 Å². The maximum absolute atomic E-state index is 17.1. The molecule has 2 aromatic carbocycles. The molecule has 1 N–H and O–H groups in total. The molecule has 254 valence electrons. The molecule has 1 spiro atoms. The second-order valence-electron chi connectivity index (χ2n) is 14.1. The first-order valence-corrected chi connectivity index (χ1v) is 16.9. The fourth-order valence-electron chi connectivity index (χ4n) is 8.78. The third kappa shape index (κ3) is 5.23. The standard InChI is InChI=1S/C36H40F3N5O4/c1-3-25-28(38)6-5-21-11-24(48-20-46-2)12-26(29(21)25)31-30(39)32-27(16-40-31)33(43-10-8-35(18-43)14-23(45)15-35)42-34(41-32)47-19-36-7-4-9-44(36)17-22(37)13-36/h5-6,11-12,16,22-23,45H,3-4,7-10,13-15,17-20H2,1-2H3/t22-,23?,35?,36+/m1/s1. The highest BCUT2D eigenvalue weighted by molar-refractivity contribution is 6.01. The van der Waals surface area contributed by atoms with Crippen molar-refractivity contribution in [3.8, 4) is 23.0 Å².